The summed E-state index contributed by atoms with van der Waals surface area (Å²) in [6.07, 6.45) is -0.0461. The lowest BCUT2D eigenvalue weighted by Gasteiger charge is -2.22. The molecule has 0 saturated heterocycles. The fraction of sp³-hybridized carbons (Fsp3) is 0.0588. The highest BCUT2D eigenvalue weighted by Gasteiger charge is 2.18. The van der Waals surface area contributed by atoms with Gasteiger partial charge >= 0.3 is 0 Å². The first-order chi connectivity index (χ1) is 27.3. The number of nitrogens with one attached hydrogen (secondary N) is 2. The predicted octanol–water partition coefficient (Wildman–Crippen LogP) is 12.3. The van der Waals surface area contributed by atoms with Crippen LogP contribution in [0.3, 0.4) is 0 Å². The number of aromatic nitrogens is 2. The fourth-order valence-corrected chi connectivity index (χ4v) is 8.22. The van der Waals surface area contributed by atoms with E-state index in [-0.39, 0.29) is 6.17 Å². The van der Waals surface area contributed by atoms with E-state index in [2.05, 4.69) is 220 Å². The van der Waals surface area contributed by atoms with Gasteiger partial charge in [-0.2, -0.15) is 0 Å². The lowest BCUT2D eigenvalue weighted by Crippen LogP contribution is -2.35. The van der Waals surface area contributed by atoms with E-state index >= 15 is 0 Å². The molecule has 2 aromatic heterocycles. The molecule has 0 amide bonds. The smallest absolute Gasteiger partial charge is 0.0851 e. The Morgan fingerprint density at radius 1 is 0.382 bits per heavy atom. The molecule has 1 atom stereocenters. The zero-order chi connectivity index (χ0) is 36.6. The van der Waals surface area contributed by atoms with Gasteiger partial charge in [-0.15, -0.1) is 0 Å². The molecule has 10 rings (SSSR count). The van der Waals surface area contributed by atoms with Gasteiger partial charge in [-0.1, -0.05) is 152 Å². The quantitative estimate of drug-likeness (QED) is 0.139. The van der Waals surface area contributed by atoms with Gasteiger partial charge in [-0.3, -0.25) is 10.6 Å². The van der Waals surface area contributed by atoms with Gasteiger partial charge in [0.2, 0.25) is 0 Å². The van der Waals surface area contributed by atoms with Gasteiger partial charge in [0.25, 0.3) is 0 Å². The van der Waals surface area contributed by atoms with Gasteiger partial charge in [-0.05, 0) is 81.9 Å². The molecule has 10 aromatic rings. The third-order valence-corrected chi connectivity index (χ3v) is 10.9. The Labute approximate surface area is 320 Å². The van der Waals surface area contributed by atoms with E-state index < -0.39 is 0 Å². The topological polar surface area (TPSA) is 33.9 Å². The van der Waals surface area contributed by atoms with Gasteiger partial charge in [0.1, 0.15) is 0 Å². The molecule has 0 saturated carbocycles. The van der Waals surface area contributed by atoms with E-state index in [1.54, 1.807) is 0 Å². The molecule has 0 radical (unpaired) electrons. The van der Waals surface area contributed by atoms with Gasteiger partial charge in [0.15, 0.2) is 0 Å². The summed E-state index contributed by atoms with van der Waals surface area (Å²) >= 11 is 0. The lowest BCUT2D eigenvalue weighted by molar-refractivity contribution is 0.403. The standard InChI is InChI=1S/C51H40N4/c1-5-15-36(16-6-1)34-52-51(38-19-9-3-10-20-38)53-35-54-47-29-26-39(31-45(47)44-28-25-41(33-50(44)54)37-17-7-2-8-18-37)40-27-30-49-46(32-40)43-23-13-14-24-48(43)55(49)42-21-11-4-12-22-42/h1-33,51-53H,34-35H2. The van der Waals surface area contributed by atoms with Crippen LogP contribution in [0.4, 0.5) is 0 Å². The number of hydrogen-bond acceptors (Lipinski definition) is 2. The van der Waals surface area contributed by atoms with Gasteiger partial charge in [0.05, 0.1) is 34.9 Å². The average molecular weight is 709 g/mol. The Morgan fingerprint density at radius 3 is 1.67 bits per heavy atom. The third kappa shape index (κ3) is 6.18. The maximum atomic E-state index is 3.90. The summed E-state index contributed by atoms with van der Waals surface area (Å²) in [7, 11) is 0. The van der Waals surface area contributed by atoms with Gasteiger partial charge in [0, 0.05) is 33.8 Å². The average Bonchev–Trinajstić information content (AvgIpc) is 3.76. The minimum atomic E-state index is -0.0461. The second-order valence-electron chi connectivity index (χ2n) is 14.3. The number of nitrogens with zero attached hydrogens (tertiary/aromatic N) is 2. The second kappa shape index (κ2) is 14.3. The van der Waals surface area contributed by atoms with Crippen molar-refractivity contribution in [2.75, 3.05) is 0 Å². The van der Waals surface area contributed by atoms with Crippen LogP contribution in [0.15, 0.2) is 200 Å². The molecule has 8 aromatic carbocycles. The zero-order valence-electron chi connectivity index (χ0n) is 30.4. The molecule has 55 heavy (non-hydrogen) atoms. The van der Waals surface area contributed by atoms with Crippen LogP contribution < -0.4 is 10.6 Å². The summed E-state index contributed by atoms with van der Waals surface area (Å²) in [6.45, 7) is 1.39. The number of rotatable bonds is 10. The van der Waals surface area contributed by atoms with Crippen molar-refractivity contribution in [2.45, 2.75) is 19.4 Å². The van der Waals surface area contributed by atoms with E-state index in [4.69, 9.17) is 0 Å². The molecule has 0 aliphatic heterocycles. The molecule has 0 spiro atoms. The monoisotopic (exact) mass is 708 g/mol. The summed E-state index contributed by atoms with van der Waals surface area (Å²) in [5.74, 6) is 0. The first-order valence-corrected chi connectivity index (χ1v) is 19.0. The highest BCUT2D eigenvalue weighted by atomic mass is 15.2. The maximum Gasteiger partial charge on any atom is 0.0851 e. The van der Waals surface area contributed by atoms with E-state index in [1.165, 1.54) is 82.7 Å². The molecule has 0 aliphatic carbocycles. The van der Waals surface area contributed by atoms with E-state index in [0.29, 0.717) is 6.67 Å². The highest BCUT2D eigenvalue weighted by Crippen LogP contribution is 2.38. The third-order valence-electron chi connectivity index (χ3n) is 10.9. The SMILES string of the molecule is c1ccc(CNC(NCn2c3ccc(-c4ccc5c(c4)c4ccccc4n5-c4ccccc4)cc3c3ccc(-c4ccccc4)cc32)c2ccccc2)cc1. The van der Waals surface area contributed by atoms with E-state index in [1.807, 2.05) is 0 Å². The summed E-state index contributed by atoms with van der Waals surface area (Å²) in [5.41, 5.74) is 13.3. The van der Waals surface area contributed by atoms with Gasteiger partial charge < -0.3 is 9.13 Å². The zero-order valence-corrected chi connectivity index (χ0v) is 30.4. The van der Waals surface area contributed by atoms with E-state index in [0.717, 1.165) is 6.54 Å². The highest BCUT2D eigenvalue weighted by molar-refractivity contribution is 6.12. The molecule has 2 N–H and O–H groups in total. The van der Waals surface area contributed by atoms with Crippen molar-refractivity contribution in [3.63, 3.8) is 0 Å². The normalized spacial score (nSPS) is 12.2. The minimum absolute atomic E-state index is 0.0461. The molecule has 264 valence electrons. The van der Waals surface area contributed by atoms with Crippen LogP contribution in [0.2, 0.25) is 0 Å². The van der Waals surface area contributed by atoms with Crippen molar-refractivity contribution in [1.29, 1.82) is 0 Å². The maximum absolute atomic E-state index is 3.90. The van der Waals surface area contributed by atoms with Crippen LogP contribution in [0, 0.1) is 0 Å². The van der Waals surface area contributed by atoms with Crippen molar-refractivity contribution in [3.05, 3.63) is 211 Å². The van der Waals surface area contributed by atoms with Crippen molar-refractivity contribution in [2.24, 2.45) is 0 Å². The van der Waals surface area contributed by atoms with Crippen LogP contribution in [0.1, 0.15) is 17.3 Å². The van der Waals surface area contributed by atoms with Crippen LogP contribution >= 0.6 is 0 Å². The van der Waals surface area contributed by atoms with Crippen molar-refractivity contribution in [3.8, 4) is 27.9 Å². The summed E-state index contributed by atoms with van der Waals surface area (Å²) < 4.78 is 4.82. The predicted molar refractivity (Wildman–Crippen MR) is 230 cm³/mol. The molecule has 2 heterocycles. The van der Waals surface area contributed by atoms with Crippen molar-refractivity contribution in [1.82, 2.24) is 19.8 Å². The summed E-state index contributed by atoms with van der Waals surface area (Å²) in [5, 5.41) is 12.7. The largest absolute Gasteiger partial charge is 0.327 e. The fourth-order valence-electron chi connectivity index (χ4n) is 8.22. The Morgan fingerprint density at radius 2 is 0.927 bits per heavy atom. The molecule has 0 aliphatic rings. The number of hydrogen-bond donors (Lipinski definition) is 2. The van der Waals surface area contributed by atoms with Crippen LogP contribution in [0.25, 0.3) is 71.6 Å². The van der Waals surface area contributed by atoms with Gasteiger partial charge in [-0.25, -0.2) is 0 Å². The number of benzene rings is 8. The van der Waals surface area contributed by atoms with Crippen molar-refractivity contribution < 1.29 is 0 Å². The first-order valence-electron chi connectivity index (χ1n) is 19.0. The van der Waals surface area contributed by atoms with E-state index in [9.17, 15) is 0 Å². The summed E-state index contributed by atoms with van der Waals surface area (Å²) in [4.78, 5) is 0. The number of fused-ring (bicyclic) bond motifs is 6. The Hall–Kier alpha value is -6.72. The molecule has 1 unspecified atom stereocenters. The molecular weight excluding hydrogens is 669 g/mol. The lowest BCUT2D eigenvalue weighted by atomic mass is 9.99. The molecular formula is C51H40N4. The van der Waals surface area contributed by atoms with Crippen molar-refractivity contribution >= 4 is 43.6 Å². The Bertz CT molecular complexity index is 2910. The van der Waals surface area contributed by atoms with Crippen LogP contribution in [0.5, 0.6) is 0 Å². The minimum Gasteiger partial charge on any atom is -0.327 e. The van der Waals surface area contributed by atoms with Crippen LogP contribution in [-0.4, -0.2) is 9.13 Å². The molecule has 4 heteroatoms. The first kappa shape index (κ1) is 32.9. The number of para-hydroxylation sites is 2. The molecule has 4 nitrogen and oxygen atoms in total. The molecule has 0 bridgehead atoms. The van der Waals surface area contributed by atoms with Crippen LogP contribution in [-0.2, 0) is 13.2 Å². The molecule has 0 fully saturated rings. The Kier molecular flexibility index (Phi) is 8.53. The summed E-state index contributed by atoms with van der Waals surface area (Å²) in [6, 6.07) is 72.2. The Balaban J connectivity index is 1.07. The second-order valence-corrected chi connectivity index (χ2v) is 14.3.